The maximum Gasteiger partial charge on any atom is 0.159 e. The lowest BCUT2D eigenvalue weighted by Gasteiger charge is -2.28. The van der Waals surface area contributed by atoms with E-state index in [1.54, 1.807) is 18.2 Å². The van der Waals surface area contributed by atoms with Gasteiger partial charge in [-0.05, 0) is 103 Å². The molecule has 0 N–H and O–H groups in total. The molecule has 1 fully saturated rings. The van der Waals surface area contributed by atoms with E-state index in [1.807, 2.05) is 6.08 Å². The molecule has 0 aliphatic heterocycles. The number of halogens is 4. The summed E-state index contributed by atoms with van der Waals surface area (Å²) in [5.41, 5.74) is 0.874. The summed E-state index contributed by atoms with van der Waals surface area (Å²) in [5, 5.41) is 0.992. The summed E-state index contributed by atoms with van der Waals surface area (Å²) in [6.07, 6.45) is 8.07. The molecule has 0 nitrogen and oxygen atoms in total. The average molecular weight is 436 g/mol. The van der Waals surface area contributed by atoms with E-state index in [0.29, 0.717) is 27.8 Å². The molecule has 164 valence electrons. The SMILES string of the molecule is C=CCCC1CCC(c2cc(F)c(C#Cc3ccc4cc(F)c(F)cc4c3)c(F)c2)CC1. The van der Waals surface area contributed by atoms with Crippen LogP contribution in [0.2, 0.25) is 0 Å². The van der Waals surface area contributed by atoms with Crippen molar-refractivity contribution in [3.05, 3.63) is 95.1 Å². The van der Waals surface area contributed by atoms with Crippen LogP contribution in [0.5, 0.6) is 0 Å². The lowest BCUT2D eigenvalue weighted by molar-refractivity contribution is 0.311. The third kappa shape index (κ3) is 4.88. The normalized spacial score (nSPS) is 18.2. The van der Waals surface area contributed by atoms with Crippen LogP contribution < -0.4 is 0 Å². The lowest BCUT2D eigenvalue weighted by Crippen LogP contribution is -2.14. The van der Waals surface area contributed by atoms with Gasteiger partial charge in [-0.15, -0.1) is 6.58 Å². The first kappa shape index (κ1) is 22.1. The molecule has 32 heavy (non-hydrogen) atoms. The van der Waals surface area contributed by atoms with E-state index >= 15 is 0 Å². The summed E-state index contributed by atoms with van der Waals surface area (Å²) in [6, 6.07) is 9.77. The number of allylic oxidation sites excluding steroid dienone is 1. The third-order valence-corrected chi connectivity index (χ3v) is 6.37. The predicted molar refractivity (Wildman–Crippen MR) is 120 cm³/mol. The Hall–Kier alpha value is -3.06. The smallest absolute Gasteiger partial charge is 0.159 e. The van der Waals surface area contributed by atoms with Crippen LogP contribution in [0.15, 0.2) is 55.1 Å². The van der Waals surface area contributed by atoms with Crippen molar-refractivity contribution < 1.29 is 17.6 Å². The molecule has 3 aromatic carbocycles. The molecular formula is C28H24F4. The van der Waals surface area contributed by atoms with Gasteiger partial charge in [-0.25, -0.2) is 17.6 Å². The molecule has 1 saturated carbocycles. The van der Waals surface area contributed by atoms with Crippen molar-refractivity contribution in [1.82, 2.24) is 0 Å². The molecule has 4 heteroatoms. The minimum atomic E-state index is -0.954. The Morgan fingerprint density at radius 2 is 1.44 bits per heavy atom. The fourth-order valence-corrected chi connectivity index (χ4v) is 4.54. The quantitative estimate of drug-likeness (QED) is 0.221. The van der Waals surface area contributed by atoms with E-state index < -0.39 is 23.3 Å². The maximum atomic E-state index is 14.7. The van der Waals surface area contributed by atoms with E-state index in [1.165, 1.54) is 12.1 Å². The minimum Gasteiger partial charge on any atom is -0.206 e. The second-order valence-corrected chi connectivity index (χ2v) is 8.52. The predicted octanol–water partition coefficient (Wildman–Crippen LogP) is 8.04. The number of hydrogen-bond donors (Lipinski definition) is 0. The van der Waals surface area contributed by atoms with Crippen LogP contribution in [0.4, 0.5) is 17.6 Å². The highest BCUT2D eigenvalue weighted by molar-refractivity contribution is 5.84. The highest BCUT2D eigenvalue weighted by Crippen LogP contribution is 2.38. The zero-order valence-corrected chi connectivity index (χ0v) is 17.7. The second-order valence-electron chi connectivity index (χ2n) is 8.52. The summed E-state index contributed by atoms with van der Waals surface area (Å²) >= 11 is 0. The molecule has 0 radical (unpaired) electrons. The first-order chi connectivity index (χ1) is 15.4. The molecule has 0 spiro atoms. The van der Waals surface area contributed by atoms with E-state index in [4.69, 9.17) is 0 Å². The van der Waals surface area contributed by atoms with E-state index in [0.717, 1.165) is 50.7 Å². The van der Waals surface area contributed by atoms with E-state index in [9.17, 15) is 17.6 Å². The van der Waals surface area contributed by atoms with Crippen molar-refractivity contribution in [2.75, 3.05) is 0 Å². The Labute approximate surface area is 186 Å². The number of rotatable bonds is 4. The van der Waals surface area contributed by atoms with Gasteiger partial charge < -0.3 is 0 Å². The van der Waals surface area contributed by atoms with E-state index in [2.05, 4.69) is 18.4 Å². The number of hydrogen-bond acceptors (Lipinski definition) is 0. The van der Waals surface area contributed by atoms with Crippen molar-refractivity contribution in [3.63, 3.8) is 0 Å². The van der Waals surface area contributed by atoms with Gasteiger partial charge in [-0.1, -0.05) is 24.0 Å². The van der Waals surface area contributed by atoms with Gasteiger partial charge in [-0.3, -0.25) is 0 Å². The first-order valence-electron chi connectivity index (χ1n) is 10.9. The summed E-state index contributed by atoms with van der Waals surface area (Å²) in [6.45, 7) is 3.77. The molecule has 3 aromatic rings. The van der Waals surface area contributed by atoms with Crippen molar-refractivity contribution in [2.45, 2.75) is 44.4 Å². The maximum absolute atomic E-state index is 14.7. The van der Waals surface area contributed by atoms with Crippen molar-refractivity contribution >= 4 is 10.8 Å². The van der Waals surface area contributed by atoms with Crippen molar-refractivity contribution in [2.24, 2.45) is 5.92 Å². The van der Waals surface area contributed by atoms with Gasteiger partial charge in [0.05, 0.1) is 5.56 Å². The van der Waals surface area contributed by atoms with Gasteiger partial charge in [0.15, 0.2) is 11.6 Å². The van der Waals surface area contributed by atoms with Crippen LogP contribution in [0.3, 0.4) is 0 Å². The average Bonchev–Trinajstić information content (AvgIpc) is 2.78. The number of fused-ring (bicyclic) bond motifs is 1. The van der Waals surface area contributed by atoms with Crippen LogP contribution in [0.25, 0.3) is 10.8 Å². The van der Waals surface area contributed by atoms with Gasteiger partial charge in [0.2, 0.25) is 0 Å². The Bertz CT molecular complexity index is 1180. The zero-order chi connectivity index (χ0) is 22.7. The molecule has 0 saturated heterocycles. The molecule has 0 atom stereocenters. The highest BCUT2D eigenvalue weighted by Gasteiger charge is 2.23. The summed E-state index contributed by atoms with van der Waals surface area (Å²) in [5.74, 6) is 2.92. The standard InChI is InChI=1S/C28H24F4/c1-2-3-4-18-5-9-20(10-6-18)23-15-25(29)24(26(30)16-23)12-8-19-7-11-21-14-27(31)28(32)17-22(21)13-19/h2,7,11,13-18,20H,1,3-6,9-10H2. The summed E-state index contributed by atoms with van der Waals surface area (Å²) in [7, 11) is 0. The topological polar surface area (TPSA) is 0 Å². The molecular weight excluding hydrogens is 412 g/mol. The van der Waals surface area contributed by atoms with Gasteiger partial charge in [0.1, 0.15) is 11.6 Å². The molecule has 0 bridgehead atoms. The minimum absolute atomic E-state index is 0.164. The molecule has 0 unspecified atom stereocenters. The molecule has 1 aliphatic rings. The van der Waals surface area contributed by atoms with Crippen molar-refractivity contribution in [1.29, 1.82) is 0 Å². The molecule has 1 aliphatic carbocycles. The largest absolute Gasteiger partial charge is 0.206 e. The van der Waals surface area contributed by atoms with Gasteiger partial charge >= 0.3 is 0 Å². The molecule has 0 heterocycles. The van der Waals surface area contributed by atoms with Gasteiger partial charge in [-0.2, -0.15) is 0 Å². The molecule has 0 amide bonds. The van der Waals surface area contributed by atoms with Gasteiger partial charge in [0, 0.05) is 5.56 Å². The zero-order valence-electron chi connectivity index (χ0n) is 17.7. The van der Waals surface area contributed by atoms with E-state index in [-0.39, 0.29) is 11.5 Å². The van der Waals surface area contributed by atoms with Crippen LogP contribution in [0.1, 0.15) is 61.1 Å². The Morgan fingerprint density at radius 3 is 2.09 bits per heavy atom. The monoisotopic (exact) mass is 436 g/mol. The van der Waals surface area contributed by atoms with Crippen LogP contribution in [-0.4, -0.2) is 0 Å². The summed E-state index contributed by atoms with van der Waals surface area (Å²) < 4.78 is 56.3. The van der Waals surface area contributed by atoms with Crippen LogP contribution >= 0.6 is 0 Å². The Balaban J connectivity index is 1.53. The Kier molecular flexibility index (Phi) is 6.65. The van der Waals surface area contributed by atoms with Crippen LogP contribution in [0, 0.1) is 41.0 Å². The summed E-state index contributed by atoms with van der Waals surface area (Å²) in [4.78, 5) is 0. The Morgan fingerprint density at radius 1 is 0.781 bits per heavy atom. The van der Waals surface area contributed by atoms with Crippen LogP contribution in [-0.2, 0) is 0 Å². The van der Waals surface area contributed by atoms with Crippen molar-refractivity contribution in [3.8, 4) is 11.8 Å². The lowest BCUT2D eigenvalue weighted by atomic mass is 9.77. The third-order valence-electron chi connectivity index (χ3n) is 6.37. The fraction of sp³-hybridized carbons (Fsp3) is 0.286. The highest BCUT2D eigenvalue weighted by atomic mass is 19.2. The molecule has 0 aromatic heterocycles. The second kappa shape index (κ2) is 9.61. The number of benzene rings is 3. The van der Waals surface area contributed by atoms with Gasteiger partial charge in [0.25, 0.3) is 0 Å². The first-order valence-corrected chi connectivity index (χ1v) is 10.9. The fourth-order valence-electron chi connectivity index (χ4n) is 4.54. The molecule has 4 rings (SSSR count).